The molecule has 0 bridgehead atoms. The van der Waals surface area contributed by atoms with Crippen molar-refractivity contribution in [2.45, 2.75) is 78.8 Å². The average molecular weight is 682 g/mol. The molecule has 5 rings (SSSR count). The molecular formula is C32H42Cl2N4O8. The van der Waals surface area contributed by atoms with E-state index >= 15 is 0 Å². The minimum Gasteiger partial charge on any atom is -0.482 e. The molecule has 0 aliphatic carbocycles. The maximum absolute atomic E-state index is 11.9. The van der Waals surface area contributed by atoms with Gasteiger partial charge in [-0.25, -0.2) is 19.6 Å². The number of rotatable bonds is 8. The monoisotopic (exact) mass is 680 g/mol. The Morgan fingerprint density at radius 1 is 0.848 bits per heavy atom. The molecule has 46 heavy (non-hydrogen) atoms. The van der Waals surface area contributed by atoms with Gasteiger partial charge in [0, 0.05) is 55.9 Å². The minimum absolute atomic E-state index is 0.177. The van der Waals surface area contributed by atoms with Gasteiger partial charge in [0.15, 0.2) is 6.61 Å². The van der Waals surface area contributed by atoms with Gasteiger partial charge in [-0.05, 0) is 59.7 Å². The molecule has 2 aliphatic rings. The highest BCUT2D eigenvalue weighted by molar-refractivity contribution is 6.35. The van der Waals surface area contributed by atoms with Crippen LogP contribution in [-0.2, 0) is 35.5 Å². The number of hydrogen-bond donors (Lipinski definition) is 1. The standard InChI is InChI=1S/C19H22Cl2N2O4.C13H20N2O4/c1-19(2,3)27-18(24)23-9-12(10-23)6-14-8-22-17(26-14)11-25-16-5-4-13(20)7-15(16)21;1-13(2,3)19-12(17)15-6-9(7-15)4-10-5-14-11(8-16)18-10/h4-5,7-8,12H,6,9-11H2,1-3H3;5,9,16H,4,6-8H2,1-3H3. The largest absolute Gasteiger partial charge is 0.482 e. The summed E-state index contributed by atoms with van der Waals surface area (Å²) in [6.45, 7) is 13.8. The van der Waals surface area contributed by atoms with Crippen molar-refractivity contribution in [1.82, 2.24) is 19.8 Å². The number of ether oxygens (including phenoxy) is 3. The van der Waals surface area contributed by atoms with Crippen molar-refractivity contribution in [3.8, 4) is 5.75 Å². The van der Waals surface area contributed by atoms with E-state index in [1.165, 1.54) is 0 Å². The third-order valence-electron chi connectivity index (χ3n) is 6.78. The molecule has 0 saturated carbocycles. The van der Waals surface area contributed by atoms with Crippen LogP contribution in [0.3, 0.4) is 0 Å². The van der Waals surface area contributed by atoms with Crippen molar-refractivity contribution < 1.29 is 37.7 Å². The zero-order chi connectivity index (χ0) is 33.6. The van der Waals surface area contributed by atoms with Crippen LogP contribution >= 0.6 is 23.2 Å². The van der Waals surface area contributed by atoms with E-state index in [9.17, 15) is 9.59 Å². The summed E-state index contributed by atoms with van der Waals surface area (Å²) in [5.41, 5.74) is -0.932. The molecule has 0 unspecified atom stereocenters. The molecule has 0 spiro atoms. The molecule has 2 saturated heterocycles. The fourth-order valence-corrected chi connectivity index (χ4v) is 5.14. The topological polar surface area (TPSA) is 141 Å². The van der Waals surface area contributed by atoms with Gasteiger partial charge >= 0.3 is 12.2 Å². The highest BCUT2D eigenvalue weighted by Crippen LogP contribution is 2.29. The molecule has 14 heteroatoms. The second-order valence-corrected chi connectivity index (χ2v) is 14.2. The van der Waals surface area contributed by atoms with E-state index in [1.807, 2.05) is 41.5 Å². The predicted molar refractivity (Wildman–Crippen MR) is 170 cm³/mol. The number of carbonyl (C=O) groups excluding carboxylic acids is 2. The van der Waals surface area contributed by atoms with Crippen molar-refractivity contribution in [3.63, 3.8) is 0 Å². The Bertz CT molecular complexity index is 1470. The number of likely N-dealkylation sites (tertiary alicyclic amines) is 2. The molecule has 4 heterocycles. The summed E-state index contributed by atoms with van der Waals surface area (Å²) >= 11 is 11.9. The summed E-state index contributed by atoms with van der Waals surface area (Å²) < 4.78 is 27.3. The Morgan fingerprint density at radius 2 is 1.33 bits per heavy atom. The summed E-state index contributed by atoms with van der Waals surface area (Å²) in [5, 5.41) is 9.84. The molecule has 1 aromatic carbocycles. The maximum atomic E-state index is 11.9. The van der Waals surface area contributed by atoms with Crippen LogP contribution in [0.4, 0.5) is 9.59 Å². The van der Waals surface area contributed by atoms with E-state index in [4.69, 9.17) is 51.4 Å². The first kappa shape index (κ1) is 35.4. The van der Waals surface area contributed by atoms with Crippen LogP contribution in [0.15, 0.2) is 39.4 Å². The Balaban J connectivity index is 0.000000222. The lowest BCUT2D eigenvalue weighted by Crippen LogP contribution is -2.52. The molecule has 252 valence electrons. The molecule has 3 aromatic rings. The number of aromatic nitrogens is 2. The zero-order valence-corrected chi connectivity index (χ0v) is 28.6. The lowest BCUT2D eigenvalue weighted by Gasteiger charge is -2.39. The first-order valence-electron chi connectivity index (χ1n) is 15.1. The van der Waals surface area contributed by atoms with Gasteiger partial charge in [-0.15, -0.1) is 0 Å². The molecule has 2 amide bonds. The van der Waals surface area contributed by atoms with Gasteiger partial charge in [-0.3, -0.25) is 0 Å². The smallest absolute Gasteiger partial charge is 0.410 e. The predicted octanol–water partition coefficient (Wildman–Crippen LogP) is 6.55. The number of hydrogen-bond acceptors (Lipinski definition) is 10. The van der Waals surface area contributed by atoms with Crippen molar-refractivity contribution in [2.75, 3.05) is 26.2 Å². The molecule has 2 fully saturated rings. The van der Waals surface area contributed by atoms with Crippen LogP contribution in [0.25, 0.3) is 0 Å². The first-order chi connectivity index (χ1) is 21.6. The molecule has 12 nitrogen and oxygen atoms in total. The van der Waals surface area contributed by atoms with Gasteiger partial charge < -0.3 is 38.0 Å². The Morgan fingerprint density at radius 3 is 1.76 bits per heavy atom. The van der Waals surface area contributed by atoms with Crippen LogP contribution in [-0.4, -0.2) is 74.4 Å². The second kappa shape index (κ2) is 15.0. The number of aliphatic hydroxyl groups is 1. The Labute approximate surface area is 278 Å². The van der Waals surface area contributed by atoms with E-state index in [0.717, 1.165) is 17.9 Å². The summed E-state index contributed by atoms with van der Waals surface area (Å²) in [7, 11) is 0. The van der Waals surface area contributed by atoms with E-state index in [1.54, 1.807) is 40.4 Å². The summed E-state index contributed by atoms with van der Waals surface area (Å²) in [4.78, 5) is 35.2. The van der Waals surface area contributed by atoms with Gasteiger partial charge in [0.2, 0.25) is 11.8 Å². The van der Waals surface area contributed by atoms with E-state index in [2.05, 4.69) is 9.97 Å². The molecule has 2 aliphatic heterocycles. The fourth-order valence-electron chi connectivity index (χ4n) is 4.67. The molecule has 0 atom stereocenters. The number of carbonyl (C=O) groups is 2. The first-order valence-corrected chi connectivity index (χ1v) is 15.8. The van der Waals surface area contributed by atoms with E-state index in [0.29, 0.717) is 72.0 Å². The normalized spacial score (nSPS) is 15.4. The zero-order valence-electron chi connectivity index (χ0n) is 27.0. The van der Waals surface area contributed by atoms with Crippen LogP contribution < -0.4 is 4.74 Å². The van der Waals surface area contributed by atoms with E-state index < -0.39 is 11.2 Å². The Kier molecular flexibility index (Phi) is 11.5. The van der Waals surface area contributed by atoms with Gasteiger partial charge in [0.1, 0.15) is 35.1 Å². The van der Waals surface area contributed by atoms with Crippen molar-refractivity contribution in [2.24, 2.45) is 11.8 Å². The lowest BCUT2D eigenvalue weighted by molar-refractivity contribution is -0.00234. The number of nitrogens with zero attached hydrogens (tertiary/aromatic N) is 4. The van der Waals surface area contributed by atoms with Crippen molar-refractivity contribution >= 4 is 35.4 Å². The summed E-state index contributed by atoms with van der Waals surface area (Å²) in [6.07, 6.45) is 4.22. The number of benzene rings is 1. The number of halogens is 2. The van der Waals surface area contributed by atoms with Gasteiger partial charge in [0.05, 0.1) is 17.4 Å². The van der Waals surface area contributed by atoms with Crippen molar-refractivity contribution in [3.05, 3.63) is 63.9 Å². The van der Waals surface area contributed by atoms with Crippen LogP contribution in [0.1, 0.15) is 64.8 Å². The number of oxazole rings is 2. The van der Waals surface area contributed by atoms with Crippen LogP contribution in [0.2, 0.25) is 10.0 Å². The average Bonchev–Trinajstić information content (AvgIpc) is 3.54. The van der Waals surface area contributed by atoms with E-state index in [-0.39, 0.29) is 25.4 Å². The van der Waals surface area contributed by atoms with Gasteiger partial charge in [-0.2, -0.15) is 0 Å². The molecule has 2 aromatic heterocycles. The van der Waals surface area contributed by atoms with Gasteiger partial charge in [-0.1, -0.05) is 23.2 Å². The summed E-state index contributed by atoms with van der Waals surface area (Å²) in [6, 6.07) is 5.03. The minimum atomic E-state index is -0.477. The second-order valence-electron chi connectivity index (χ2n) is 13.4. The Hall–Kier alpha value is -3.48. The highest BCUT2D eigenvalue weighted by atomic mass is 35.5. The number of amides is 2. The molecule has 1 N–H and O–H groups in total. The SMILES string of the molecule is CC(C)(C)OC(=O)N1CC(Cc2cnc(CO)o2)C1.CC(C)(C)OC(=O)N1CC(Cc2cnc(COc3ccc(Cl)cc3Cl)o2)C1. The maximum Gasteiger partial charge on any atom is 0.410 e. The fraction of sp³-hybridized carbons (Fsp3) is 0.562. The molecular weight excluding hydrogens is 639 g/mol. The number of aliphatic hydroxyl groups excluding tert-OH is 1. The highest BCUT2D eigenvalue weighted by Gasteiger charge is 2.35. The molecule has 0 radical (unpaired) electrons. The lowest BCUT2D eigenvalue weighted by atomic mass is 9.96. The van der Waals surface area contributed by atoms with Crippen molar-refractivity contribution in [1.29, 1.82) is 0 Å². The van der Waals surface area contributed by atoms with Gasteiger partial charge in [0.25, 0.3) is 0 Å². The van der Waals surface area contributed by atoms with Crippen LogP contribution in [0.5, 0.6) is 5.75 Å². The third-order valence-corrected chi connectivity index (χ3v) is 7.31. The third kappa shape index (κ3) is 10.8. The van der Waals surface area contributed by atoms with Crippen LogP contribution in [0, 0.1) is 11.8 Å². The summed E-state index contributed by atoms with van der Waals surface area (Å²) in [5.74, 6) is 3.55. The quantitative estimate of drug-likeness (QED) is 0.279.